The Balaban J connectivity index is 1.32. The summed E-state index contributed by atoms with van der Waals surface area (Å²) in [4.78, 5) is 12.3. The van der Waals surface area contributed by atoms with Crippen LogP contribution in [0.25, 0.3) is 5.69 Å². The number of aromatic nitrogens is 3. The van der Waals surface area contributed by atoms with E-state index in [2.05, 4.69) is 15.6 Å². The molecule has 0 saturated heterocycles. The molecule has 8 nitrogen and oxygen atoms in total. The lowest BCUT2D eigenvalue weighted by Crippen LogP contribution is -2.37. The SMILES string of the molecule is C[C@H](COc1ccc2c(c1)OCO2)NC(=O)c1cn(-c2ccc(F)cc2)nn1. The molecule has 0 spiro atoms. The fourth-order valence-corrected chi connectivity index (χ4v) is 2.62. The van der Waals surface area contributed by atoms with Gasteiger partial charge in [-0.3, -0.25) is 4.79 Å². The van der Waals surface area contributed by atoms with Gasteiger partial charge in [0, 0.05) is 6.07 Å². The maximum atomic E-state index is 13.0. The molecule has 9 heteroatoms. The highest BCUT2D eigenvalue weighted by Crippen LogP contribution is 2.35. The molecular formula is C19H17FN4O4. The molecule has 0 aliphatic carbocycles. The first-order chi connectivity index (χ1) is 13.6. The molecule has 28 heavy (non-hydrogen) atoms. The second-order valence-electron chi connectivity index (χ2n) is 6.23. The van der Waals surface area contributed by atoms with Gasteiger partial charge in [-0.15, -0.1) is 5.10 Å². The number of amides is 1. The molecule has 1 aromatic heterocycles. The van der Waals surface area contributed by atoms with Crippen LogP contribution >= 0.6 is 0 Å². The number of carbonyl (C=O) groups is 1. The minimum absolute atomic E-state index is 0.152. The number of carbonyl (C=O) groups excluding carboxylic acids is 1. The van der Waals surface area contributed by atoms with Crippen molar-refractivity contribution < 1.29 is 23.4 Å². The molecule has 1 atom stereocenters. The topological polar surface area (TPSA) is 87.5 Å². The number of hydrogen-bond acceptors (Lipinski definition) is 6. The van der Waals surface area contributed by atoms with Gasteiger partial charge in [-0.1, -0.05) is 5.21 Å². The van der Waals surface area contributed by atoms with Crippen LogP contribution < -0.4 is 19.5 Å². The van der Waals surface area contributed by atoms with Crippen LogP contribution in [0.1, 0.15) is 17.4 Å². The summed E-state index contributed by atoms with van der Waals surface area (Å²) in [5.41, 5.74) is 0.756. The Bertz CT molecular complexity index is 990. The molecule has 0 fully saturated rings. The molecule has 0 radical (unpaired) electrons. The summed E-state index contributed by atoms with van der Waals surface area (Å²) >= 11 is 0. The molecule has 0 bridgehead atoms. The van der Waals surface area contributed by atoms with E-state index in [1.54, 1.807) is 30.3 Å². The van der Waals surface area contributed by atoms with Crippen molar-refractivity contribution in [1.29, 1.82) is 0 Å². The lowest BCUT2D eigenvalue weighted by molar-refractivity contribution is 0.0921. The van der Waals surface area contributed by atoms with Gasteiger partial charge in [0.1, 0.15) is 18.2 Å². The van der Waals surface area contributed by atoms with Crippen LogP contribution in [0.3, 0.4) is 0 Å². The number of ether oxygens (including phenoxy) is 3. The van der Waals surface area contributed by atoms with Crippen molar-refractivity contribution in [1.82, 2.24) is 20.3 Å². The molecule has 1 amide bonds. The van der Waals surface area contributed by atoms with Crippen molar-refractivity contribution in [3.05, 3.63) is 60.2 Å². The highest BCUT2D eigenvalue weighted by molar-refractivity contribution is 5.92. The zero-order chi connectivity index (χ0) is 19.5. The molecule has 3 aromatic rings. The van der Waals surface area contributed by atoms with E-state index in [0.29, 0.717) is 22.9 Å². The van der Waals surface area contributed by atoms with Crippen molar-refractivity contribution in [2.24, 2.45) is 0 Å². The first-order valence-corrected chi connectivity index (χ1v) is 8.60. The van der Waals surface area contributed by atoms with E-state index in [9.17, 15) is 9.18 Å². The summed E-state index contributed by atoms with van der Waals surface area (Å²) in [6, 6.07) is 10.7. The van der Waals surface area contributed by atoms with Crippen LogP contribution in [0.2, 0.25) is 0 Å². The van der Waals surface area contributed by atoms with E-state index >= 15 is 0 Å². The molecule has 1 aliphatic heterocycles. The number of nitrogens with one attached hydrogen (secondary N) is 1. The first-order valence-electron chi connectivity index (χ1n) is 8.60. The molecule has 0 saturated carbocycles. The highest BCUT2D eigenvalue weighted by atomic mass is 19.1. The van der Waals surface area contributed by atoms with Crippen molar-refractivity contribution in [3.8, 4) is 22.9 Å². The predicted molar refractivity (Wildman–Crippen MR) is 96.3 cm³/mol. The van der Waals surface area contributed by atoms with E-state index in [0.717, 1.165) is 0 Å². The van der Waals surface area contributed by atoms with E-state index < -0.39 is 0 Å². The van der Waals surface area contributed by atoms with Crippen molar-refractivity contribution >= 4 is 5.91 Å². The second-order valence-corrected chi connectivity index (χ2v) is 6.23. The molecule has 2 aromatic carbocycles. The predicted octanol–water partition coefficient (Wildman–Crippen LogP) is 2.33. The number of halogens is 1. The van der Waals surface area contributed by atoms with Crippen molar-refractivity contribution in [2.45, 2.75) is 13.0 Å². The average Bonchev–Trinajstić information content (AvgIpc) is 3.36. The first kappa shape index (κ1) is 17.8. The lowest BCUT2D eigenvalue weighted by atomic mass is 10.3. The summed E-state index contributed by atoms with van der Waals surface area (Å²) in [5.74, 6) is 1.20. The number of hydrogen-bond donors (Lipinski definition) is 1. The normalized spacial score (nSPS) is 13.2. The Hall–Kier alpha value is -3.62. The van der Waals surface area contributed by atoms with Gasteiger partial charge in [0.2, 0.25) is 6.79 Å². The van der Waals surface area contributed by atoms with E-state index in [1.165, 1.54) is 23.0 Å². The lowest BCUT2D eigenvalue weighted by Gasteiger charge is -2.14. The monoisotopic (exact) mass is 384 g/mol. The average molecular weight is 384 g/mol. The summed E-state index contributed by atoms with van der Waals surface area (Å²) in [7, 11) is 0. The van der Waals surface area contributed by atoms with Crippen LogP contribution in [-0.4, -0.2) is 40.3 Å². The number of benzene rings is 2. The minimum Gasteiger partial charge on any atom is -0.491 e. The third kappa shape index (κ3) is 3.88. The maximum Gasteiger partial charge on any atom is 0.273 e. The molecule has 1 aliphatic rings. The van der Waals surface area contributed by atoms with E-state index in [4.69, 9.17) is 14.2 Å². The second kappa shape index (κ2) is 7.55. The Morgan fingerprint density at radius 3 is 2.86 bits per heavy atom. The van der Waals surface area contributed by atoms with Gasteiger partial charge < -0.3 is 19.5 Å². The quantitative estimate of drug-likeness (QED) is 0.702. The standard InChI is InChI=1S/C19H17FN4O4/c1-12(10-26-15-6-7-17-18(8-15)28-11-27-17)21-19(25)16-9-24(23-22-16)14-4-2-13(20)3-5-14/h2-9,12H,10-11H2,1H3,(H,21,25)/t12-/m1/s1. The Kier molecular flexibility index (Phi) is 4.79. The third-order valence-electron chi connectivity index (χ3n) is 4.04. The molecule has 4 rings (SSSR count). The Morgan fingerprint density at radius 2 is 2.04 bits per heavy atom. The van der Waals surface area contributed by atoms with Gasteiger partial charge in [-0.2, -0.15) is 0 Å². The maximum absolute atomic E-state index is 13.0. The van der Waals surface area contributed by atoms with Gasteiger partial charge in [-0.25, -0.2) is 9.07 Å². The molecule has 0 unspecified atom stereocenters. The van der Waals surface area contributed by atoms with E-state index in [1.807, 2.05) is 6.92 Å². The molecule has 144 valence electrons. The third-order valence-corrected chi connectivity index (χ3v) is 4.04. The summed E-state index contributed by atoms with van der Waals surface area (Å²) in [6.45, 7) is 2.27. The van der Waals surface area contributed by atoms with Gasteiger partial charge >= 0.3 is 0 Å². The zero-order valence-electron chi connectivity index (χ0n) is 15.0. The minimum atomic E-state index is -0.379. The summed E-state index contributed by atoms with van der Waals surface area (Å²) in [6.07, 6.45) is 1.48. The van der Waals surface area contributed by atoms with Crippen molar-refractivity contribution in [3.63, 3.8) is 0 Å². The van der Waals surface area contributed by atoms with Crippen LogP contribution in [-0.2, 0) is 0 Å². The largest absolute Gasteiger partial charge is 0.491 e. The van der Waals surface area contributed by atoms with Gasteiger partial charge in [0.05, 0.1) is 17.9 Å². The fourth-order valence-electron chi connectivity index (χ4n) is 2.62. The smallest absolute Gasteiger partial charge is 0.273 e. The highest BCUT2D eigenvalue weighted by Gasteiger charge is 2.16. The Morgan fingerprint density at radius 1 is 1.25 bits per heavy atom. The number of nitrogens with zero attached hydrogens (tertiary/aromatic N) is 3. The van der Waals surface area contributed by atoms with Gasteiger partial charge in [0.15, 0.2) is 17.2 Å². The fraction of sp³-hybridized carbons (Fsp3) is 0.211. The zero-order valence-corrected chi connectivity index (χ0v) is 15.0. The summed E-state index contributed by atoms with van der Waals surface area (Å²) in [5, 5.41) is 10.6. The number of rotatable bonds is 6. The van der Waals surface area contributed by atoms with Crippen LogP contribution in [0, 0.1) is 5.82 Å². The Labute approximate surface area is 159 Å². The number of fused-ring (bicyclic) bond motifs is 1. The van der Waals surface area contributed by atoms with Crippen LogP contribution in [0.5, 0.6) is 17.2 Å². The van der Waals surface area contributed by atoms with Crippen LogP contribution in [0.4, 0.5) is 4.39 Å². The van der Waals surface area contributed by atoms with Crippen LogP contribution in [0.15, 0.2) is 48.7 Å². The van der Waals surface area contributed by atoms with Crippen molar-refractivity contribution in [2.75, 3.05) is 13.4 Å². The molecule has 1 N–H and O–H groups in total. The molecule has 2 heterocycles. The molecular weight excluding hydrogens is 367 g/mol. The van der Waals surface area contributed by atoms with Gasteiger partial charge in [-0.05, 0) is 43.3 Å². The van der Waals surface area contributed by atoms with E-state index in [-0.39, 0.29) is 36.9 Å². The van der Waals surface area contributed by atoms with Gasteiger partial charge in [0.25, 0.3) is 5.91 Å². The summed E-state index contributed by atoms with van der Waals surface area (Å²) < 4.78 is 30.7.